The van der Waals surface area contributed by atoms with Crippen LogP contribution in [0.1, 0.15) is 76.3 Å². The van der Waals surface area contributed by atoms with Gasteiger partial charge in [-0.1, -0.05) is 6.07 Å². The van der Waals surface area contributed by atoms with Crippen LogP contribution in [-0.2, 0) is 4.79 Å². The summed E-state index contributed by atoms with van der Waals surface area (Å²) in [6, 6.07) is 7.25. The van der Waals surface area contributed by atoms with Crippen molar-refractivity contribution in [1.82, 2.24) is 10.6 Å². The highest BCUT2D eigenvalue weighted by molar-refractivity contribution is 5.85. The zero-order valence-electron chi connectivity index (χ0n) is 17.6. The van der Waals surface area contributed by atoms with Crippen molar-refractivity contribution in [2.45, 2.75) is 88.9 Å². The fraction of sp³-hybridized carbons (Fsp3) is 0.696. The van der Waals surface area contributed by atoms with E-state index in [2.05, 4.69) is 10.6 Å². The molecule has 2 heterocycles. The first-order valence-electron chi connectivity index (χ1n) is 11.0. The molecule has 1 amide bonds. The molecule has 3 atom stereocenters. The highest BCUT2D eigenvalue weighted by atomic mass is 35.5. The highest BCUT2D eigenvalue weighted by Crippen LogP contribution is 2.35. The standard InChI is InChI=1S/C23H34N2O3.ClH/c1-15(24-23(26)13-16-11-18-8-9-19(12-16)25-18)17-7-10-21(22(14-17)27-2)28-20-5-3-4-6-20;/h7,10,14-16,18-20,25H,3-6,8-9,11-13H2,1-2H3,(H,24,26);1H. The van der Waals surface area contributed by atoms with Crippen molar-refractivity contribution >= 4 is 18.3 Å². The van der Waals surface area contributed by atoms with Crippen LogP contribution in [0.25, 0.3) is 0 Å². The number of ether oxygens (including phenoxy) is 2. The monoisotopic (exact) mass is 422 g/mol. The second kappa shape index (κ2) is 10.0. The van der Waals surface area contributed by atoms with Gasteiger partial charge >= 0.3 is 0 Å². The van der Waals surface area contributed by atoms with Gasteiger partial charge in [-0.15, -0.1) is 12.4 Å². The number of benzene rings is 1. The van der Waals surface area contributed by atoms with Gasteiger partial charge in [-0.25, -0.2) is 0 Å². The summed E-state index contributed by atoms with van der Waals surface area (Å²) in [5.41, 5.74) is 1.05. The van der Waals surface area contributed by atoms with Gasteiger partial charge in [-0.2, -0.15) is 0 Å². The van der Waals surface area contributed by atoms with E-state index in [-0.39, 0.29) is 24.4 Å². The minimum absolute atomic E-state index is 0. The Kier molecular flexibility index (Phi) is 7.69. The fourth-order valence-corrected chi connectivity index (χ4v) is 5.22. The Morgan fingerprint density at radius 1 is 1.14 bits per heavy atom. The van der Waals surface area contributed by atoms with Crippen LogP contribution in [0.3, 0.4) is 0 Å². The number of amides is 1. The molecule has 5 nitrogen and oxygen atoms in total. The first kappa shape index (κ1) is 22.2. The molecular formula is C23H35ClN2O3. The number of hydrogen-bond donors (Lipinski definition) is 2. The topological polar surface area (TPSA) is 59.6 Å². The first-order chi connectivity index (χ1) is 13.6. The predicted octanol–water partition coefficient (Wildman–Crippen LogP) is 4.54. The van der Waals surface area contributed by atoms with Crippen molar-refractivity contribution in [1.29, 1.82) is 0 Å². The Hall–Kier alpha value is -1.46. The molecular weight excluding hydrogens is 388 g/mol. The lowest BCUT2D eigenvalue weighted by Crippen LogP contribution is -2.40. The first-order valence-corrected chi connectivity index (χ1v) is 11.0. The summed E-state index contributed by atoms with van der Waals surface area (Å²) in [4.78, 5) is 12.6. The third kappa shape index (κ3) is 5.58. The van der Waals surface area contributed by atoms with Gasteiger partial charge < -0.3 is 20.1 Å². The van der Waals surface area contributed by atoms with Crippen LogP contribution >= 0.6 is 12.4 Å². The van der Waals surface area contributed by atoms with Gasteiger partial charge in [0.15, 0.2) is 11.5 Å². The average Bonchev–Trinajstić information content (AvgIpc) is 3.31. The Bertz CT molecular complexity index is 681. The van der Waals surface area contributed by atoms with Crippen LogP contribution in [0.2, 0.25) is 0 Å². The van der Waals surface area contributed by atoms with E-state index in [0.29, 0.717) is 30.5 Å². The van der Waals surface area contributed by atoms with Crippen molar-refractivity contribution in [3.05, 3.63) is 23.8 Å². The maximum Gasteiger partial charge on any atom is 0.220 e. The van der Waals surface area contributed by atoms with Gasteiger partial charge in [0.2, 0.25) is 5.91 Å². The number of carbonyl (C=O) groups excluding carboxylic acids is 1. The number of carbonyl (C=O) groups is 1. The number of halogens is 1. The molecule has 3 aliphatic rings. The van der Waals surface area contributed by atoms with Gasteiger partial charge in [0.1, 0.15) is 0 Å². The Labute approximate surface area is 180 Å². The second-order valence-electron chi connectivity index (χ2n) is 8.90. The summed E-state index contributed by atoms with van der Waals surface area (Å²) in [6.07, 6.45) is 10.5. The summed E-state index contributed by atoms with van der Waals surface area (Å²) in [7, 11) is 1.68. The molecule has 2 saturated heterocycles. The molecule has 0 spiro atoms. The third-order valence-corrected chi connectivity index (χ3v) is 6.71. The van der Waals surface area contributed by atoms with E-state index in [9.17, 15) is 4.79 Å². The van der Waals surface area contributed by atoms with Crippen LogP contribution in [0, 0.1) is 5.92 Å². The molecule has 3 fully saturated rings. The number of piperidine rings is 1. The minimum atomic E-state index is -0.0413. The molecule has 3 unspecified atom stereocenters. The molecule has 0 radical (unpaired) electrons. The normalized spacial score (nSPS) is 27.2. The largest absolute Gasteiger partial charge is 0.493 e. The molecule has 2 bridgehead atoms. The van der Waals surface area contributed by atoms with Gasteiger partial charge in [0.25, 0.3) is 0 Å². The van der Waals surface area contributed by atoms with Crippen molar-refractivity contribution < 1.29 is 14.3 Å². The maximum atomic E-state index is 12.6. The fourth-order valence-electron chi connectivity index (χ4n) is 5.22. The molecule has 1 aromatic carbocycles. The SMILES string of the molecule is COc1cc(C(C)NC(=O)CC2CC3CCC(C2)N3)ccc1OC1CCCC1.Cl. The van der Waals surface area contributed by atoms with Gasteiger partial charge in [0, 0.05) is 18.5 Å². The van der Waals surface area contributed by atoms with E-state index in [1.165, 1.54) is 25.7 Å². The van der Waals surface area contributed by atoms with Gasteiger partial charge in [-0.05, 0) is 81.9 Å². The highest BCUT2D eigenvalue weighted by Gasteiger charge is 2.34. The number of rotatable bonds is 7. The molecule has 162 valence electrons. The Balaban J connectivity index is 0.00000240. The van der Waals surface area contributed by atoms with Crippen molar-refractivity contribution in [3.8, 4) is 11.5 Å². The lowest BCUT2D eigenvalue weighted by molar-refractivity contribution is -0.122. The second-order valence-corrected chi connectivity index (χ2v) is 8.90. The van der Waals surface area contributed by atoms with Crippen molar-refractivity contribution in [3.63, 3.8) is 0 Å². The number of methoxy groups -OCH3 is 1. The lowest BCUT2D eigenvalue weighted by atomic mass is 9.89. The molecule has 0 aromatic heterocycles. The zero-order valence-corrected chi connectivity index (χ0v) is 18.4. The molecule has 1 aromatic rings. The number of hydrogen-bond acceptors (Lipinski definition) is 4. The maximum absolute atomic E-state index is 12.6. The van der Waals surface area contributed by atoms with E-state index in [1.54, 1.807) is 7.11 Å². The summed E-state index contributed by atoms with van der Waals surface area (Å²) in [5, 5.41) is 6.83. The van der Waals surface area contributed by atoms with Crippen LogP contribution in [0.5, 0.6) is 11.5 Å². The smallest absolute Gasteiger partial charge is 0.220 e. The summed E-state index contributed by atoms with van der Waals surface area (Å²) in [5.74, 6) is 2.23. The molecule has 29 heavy (non-hydrogen) atoms. The zero-order chi connectivity index (χ0) is 19.5. The van der Waals surface area contributed by atoms with E-state index in [1.807, 2.05) is 25.1 Å². The Morgan fingerprint density at radius 2 is 1.83 bits per heavy atom. The molecule has 4 rings (SSSR count). The molecule has 2 aliphatic heterocycles. The van der Waals surface area contributed by atoms with E-state index in [0.717, 1.165) is 42.7 Å². The minimum Gasteiger partial charge on any atom is -0.493 e. The van der Waals surface area contributed by atoms with Crippen molar-refractivity contribution in [2.24, 2.45) is 5.92 Å². The van der Waals surface area contributed by atoms with Crippen LogP contribution in [0.15, 0.2) is 18.2 Å². The van der Waals surface area contributed by atoms with Gasteiger partial charge in [-0.3, -0.25) is 4.79 Å². The summed E-state index contributed by atoms with van der Waals surface area (Å²) < 4.78 is 11.7. The summed E-state index contributed by atoms with van der Waals surface area (Å²) in [6.45, 7) is 2.04. The van der Waals surface area contributed by atoms with E-state index < -0.39 is 0 Å². The molecule has 1 aliphatic carbocycles. The molecule has 2 N–H and O–H groups in total. The molecule has 6 heteroatoms. The third-order valence-electron chi connectivity index (χ3n) is 6.71. The van der Waals surface area contributed by atoms with Crippen molar-refractivity contribution in [2.75, 3.05) is 7.11 Å². The molecule has 1 saturated carbocycles. The van der Waals surface area contributed by atoms with Crippen LogP contribution in [0.4, 0.5) is 0 Å². The predicted molar refractivity (Wildman–Crippen MR) is 117 cm³/mol. The Morgan fingerprint density at radius 3 is 2.48 bits per heavy atom. The average molecular weight is 423 g/mol. The number of fused-ring (bicyclic) bond motifs is 2. The van der Waals surface area contributed by atoms with E-state index >= 15 is 0 Å². The number of nitrogens with one attached hydrogen (secondary N) is 2. The quantitative estimate of drug-likeness (QED) is 0.677. The van der Waals surface area contributed by atoms with E-state index in [4.69, 9.17) is 9.47 Å². The summed E-state index contributed by atoms with van der Waals surface area (Å²) >= 11 is 0. The van der Waals surface area contributed by atoms with Crippen LogP contribution in [-0.4, -0.2) is 31.2 Å². The lowest BCUT2D eigenvalue weighted by Gasteiger charge is -2.29. The van der Waals surface area contributed by atoms with Gasteiger partial charge in [0.05, 0.1) is 19.3 Å². The van der Waals surface area contributed by atoms with Crippen LogP contribution < -0.4 is 20.1 Å².